The highest BCUT2D eigenvalue weighted by Gasteiger charge is 2.23. The average Bonchev–Trinajstić information content (AvgIpc) is 2.43. The second kappa shape index (κ2) is 6.64. The van der Waals surface area contributed by atoms with Crippen LogP contribution in [0.2, 0.25) is 0 Å². The summed E-state index contributed by atoms with van der Waals surface area (Å²) < 4.78 is 32.9. The Morgan fingerprint density at radius 1 is 1.15 bits per heavy atom. The summed E-state index contributed by atoms with van der Waals surface area (Å²) in [5.74, 6) is -0.165. The predicted molar refractivity (Wildman–Crippen MR) is 75.7 cm³/mol. The number of nitrogens with one attached hydrogen (secondary N) is 1. The maximum atomic E-state index is 13.9. The Morgan fingerprint density at radius 3 is 2.45 bits per heavy atom. The van der Waals surface area contributed by atoms with Crippen molar-refractivity contribution in [2.75, 3.05) is 13.2 Å². The molecule has 0 bridgehead atoms. The molecule has 2 unspecified atom stereocenters. The van der Waals surface area contributed by atoms with Crippen molar-refractivity contribution in [1.29, 1.82) is 0 Å². The number of hydrogen-bond acceptors (Lipinski definition) is 2. The van der Waals surface area contributed by atoms with Gasteiger partial charge in [-0.1, -0.05) is 0 Å². The molecule has 1 aromatic carbocycles. The standard InChI is InChI=1S/C16H23F2NO/c1-10-8-16(18)14(9-15(10)17)12(3)19-11(2)13-4-6-20-7-5-13/h8-9,11-13,19H,4-7H2,1-3H3. The van der Waals surface area contributed by atoms with Gasteiger partial charge < -0.3 is 10.1 Å². The Kier molecular flexibility index (Phi) is 5.11. The van der Waals surface area contributed by atoms with Gasteiger partial charge in [0.2, 0.25) is 0 Å². The summed E-state index contributed by atoms with van der Waals surface area (Å²) in [6, 6.07) is 2.63. The van der Waals surface area contributed by atoms with Crippen molar-refractivity contribution in [2.45, 2.75) is 45.7 Å². The van der Waals surface area contributed by atoms with Gasteiger partial charge >= 0.3 is 0 Å². The minimum absolute atomic E-state index is 0.206. The molecule has 4 heteroatoms. The molecule has 1 saturated heterocycles. The third-order valence-electron chi connectivity index (χ3n) is 4.23. The Morgan fingerprint density at radius 2 is 1.80 bits per heavy atom. The van der Waals surface area contributed by atoms with Crippen molar-refractivity contribution in [1.82, 2.24) is 5.32 Å². The smallest absolute Gasteiger partial charge is 0.128 e. The van der Waals surface area contributed by atoms with E-state index >= 15 is 0 Å². The van der Waals surface area contributed by atoms with Gasteiger partial charge in [-0.15, -0.1) is 0 Å². The Bertz CT molecular complexity index is 458. The van der Waals surface area contributed by atoms with Crippen LogP contribution in [0.1, 0.15) is 43.9 Å². The number of hydrogen-bond donors (Lipinski definition) is 1. The zero-order valence-electron chi connectivity index (χ0n) is 12.4. The van der Waals surface area contributed by atoms with Crippen LogP contribution in [0.25, 0.3) is 0 Å². The average molecular weight is 283 g/mol. The van der Waals surface area contributed by atoms with E-state index in [0.29, 0.717) is 17.0 Å². The van der Waals surface area contributed by atoms with Crippen LogP contribution in [0.15, 0.2) is 12.1 Å². The lowest BCUT2D eigenvalue weighted by Gasteiger charge is -2.31. The number of ether oxygens (including phenoxy) is 1. The van der Waals surface area contributed by atoms with E-state index in [1.54, 1.807) is 6.92 Å². The topological polar surface area (TPSA) is 21.3 Å². The summed E-state index contributed by atoms with van der Waals surface area (Å²) in [4.78, 5) is 0. The molecule has 1 heterocycles. The molecule has 1 aliphatic heterocycles. The molecule has 1 N–H and O–H groups in total. The molecule has 112 valence electrons. The van der Waals surface area contributed by atoms with E-state index in [-0.39, 0.29) is 23.7 Å². The Balaban J connectivity index is 2.03. The molecule has 1 aromatic rings. The maximum absolute atomic E-state index is 13.9. The quantitative estimate of drug-likeness (QED) is 0.909. The van der Waals surface area contributed by atoms with Crippen molar-refractivity contribution in [2.24, 2.45) is 5.92 Å². The third kappa shape index (κ3) is 3.55. The molecule has 0 aliphatic carbocycles. The third-order valence-corrected chi connectivity index (χ3v) is 4.23. The van der Waals surface area contributed by atoms with Crippen molar-refractivity contribution < 1.29 is 13.5 Å². The minimum Gasteiger partial charge on any atom is -0.381 e. The monoisotopic (exact) mass is 283 g/mol. The van der Waals surface area contributed by atoms with E-state index in [4.69, 9.17) is 4.74 Å². The lowest BCUT2D eigenvalue weighted by atomic mass is 9.92. The molecule has 1 fully saturated rings. The zero-order valence-corrected chi connectivity index (χ0v) is 12.4. The number of halogens is 2. The van der Waals surface area contributed by atoms with Crippen LogP contribution in [0.3, 0.4) is 0 Å². The Labute approximate surface area is 119 Å². The van der Waals surface area contributed by atoms with Gasteiger partial charge in [-0.25, -0.2) is 8.78 Å². The normalized spacial score (nSPS) is 19.9. The molecule has 20 heavy (non-hydrogen) atoms. The number of benzene rings is 1. The fraction of sp³-hybridized carbons (Fsp3) is 0.625. The van der Waals surface area contributed by atoms with E-state index in [2.05, 4.69) is 12.2 Å². The van der Waals surface area contributed by atoms with Crippen LogP contribution in [0.4, 0.5) is 8.78 Å². The van der Waals surface area contributed by atoms with Gasteiger partial charge in [-0.05, 0) is 57.2 Å². The molecule has 0 saturated carbocycles. The zero-order chi connectivity index (χ0) is 14.7. The second-order valence-electron chi connectivity index (χ2n) is 5.75. The van der Waals surface area contributed by atoms with Crippen LogP contribution < -0.4 is 5.32 Å². The van der Waals surface area contributed by atoms with E-state index in [9.17, 15) is 8.78 Å². The van der Waals surface area contributed by atoms with Crippen molar-refractivity contribution in [3.8, 4) is 0 Å². The molecular weight excluding hydrogens is 260 g/mol. The van der Waals surface area contributed by atoms with Crippen LogP contribution >= 0.6 is 0 Å². The first-order chi connectivity index (χ1) is 9.49. The highest BCUT2D eigenvalue weighted by molar-refractivity contribution is 5.27. The predicted octanol–water partition coefficient (Wildman–Crippen LogP) is 3.74. The molecule has 1 aliphatic rings. The van der Waals surface area contributed by atoms with Crippen LogP contribution in [-0.2, 0) is 4.74 Å². The summed E-state index contributed by atoms with van der Waals surface area (Å²) in [6.45, 7) is 7.14. The van der Waals surface area contributed by atoms with E-state index in [0.717, 1.165) is 26.1 Å². The van der Waals surface area contributed by atoms with Crippen molar-refractivity contribution >= 4 is 0 Å². The van der Waals surface area contributed by atoms with Crippen LogP contribution in [0.5, 0.6) is 0 Å². The van der Waals surface area contributed by atoms with Gasteiger partial charge in [0.25, 0.3) is 0 Å². The first-order valence-electron chi connectivity index (χ1n) is 7.28. The molecule has 2 rings (SSSR count). The SMILES string of the molecule is Cc1cc(F)c(C(C)NC(C)C2CCOCC2)cc1F. The molecule has 0 aromatic heterocycles. The number of aryl methyl sites for hydroxylation is 1. The summed E-state index contributed by atoms with van der Waals surface area (Å²) >= 11 is 0. The number of rotatable bonds is 4. The maximum Gasteiger partial charge on any atom is 0.128 e. The molecule has 0 radical (unpaired) electrons. The van der Waals surface area contributed by atoms with Gasteiger partial charge in [-0.3, -0.25) is 0 Å². The van der Waals surface area contributed by atoms with Crippen LogP contribution in [-0.4, -0.2) is 19.3 Å². The van der Waals surface area contributed by atoms with E-state index < -0.39 is 0 Å². The molecular formula is C16H23F2NO. The van der Waals surface area contributed by atoms with E-state index in [1.807, 2.05) is 6.92 Å². The fourth-order valence-corrected chi connectivity index (χ4v) is 2.83. The minimum atomic E-state index is -0.353. The second-order valence-corrected chi connectivity index (χ2v) is 5.75. The van der Waals surface area contributed by atoms with Gasteiger partial charge in [0.1, 0.15) is 11.6 Å². The molecule has 0 amide bonds. The highest BCUT2D eigenvalue weighted by Crippen LogP contribution is 2.24. The Hall–Kier alpha value is -1.00. The summed E-state index contributed by atoms with van der Waals surface area (Å²) in [5, 5.41) is 3.39. The van der Waals surface area contributed by atoms with Gasteiger partial charge in [0.15, 0.2) is 0 Å². The highest BCUT2D eigenvalue weighted by atomic mass is 19.1. The van der Waals surface area contributed by atoms with E-state index in [1.165, 1.54) is 12.1 Å². The van der Waals surface area contributed by atoms with Crippen LogP contribution in [0, 0.1) is 24.5 Å². The summed E-state index contributed by atoms with van der Waals surface area (Å²) in [5.41, 5.74) is 0.739. The lowest BCUT2D eigenvalue weighted by molar-refractivity contribution is 0.0546. The van der Waals surface area contributed by atoms with Gasteiger partial charge in [0.05, 0.1) is 0 Å². The first-order valence-corrected chi connectivity index (χ1v) is 7.28. The van der Waals surface area contributed by atoms with Gasteiger partial charge in [-0.2, -0.15) is 0 Å². The first kappa shape index (κ1) is 15.4. The van der Waals surface area contributed by atoms with Crippen molar-refractivity contribution in [3.63, 3.8) is 0 Å². The van der Waals surface area contributed by atoms with Crippen molar-refractivity contribution in [3.05, 3.63) is 34.9 Å². The fourth-order valence-electron chi connectivity index (χ4n) is 2.83. The summed E-state index contributed by atoms with van der Waals surface area (Å²) in [7, 11) is 0. The molecule has 2 nitrogen and oxygen atoms in total. The largest absolute Gasteiger partial charge is 0.381 e. The summed E-state index contributed by atoms with van der Waals surface area (Å²) in [6.07, 6.45) is 2.04. The van der Waals surface area contributed by atoms with Gasteiger partial charge in [0, 0.05) is 30.9 Å². The lowest BCUT2D eigenvalue weighted by Crippen LogP contribution is -2.38. The molecule has 0 spiro atoms. The molecule has 2 atom stereocenters.